The van der Waals surface area contributed by atoms with Crippen LogP contribution in [-0.2, 0) is 17.6 Å². The zero-order chi connectivity index (χ0) is 19.1. The van der Waals surface area contributed by atoms with Gasteiger partial charge in [-0.3, -0.25) is 4.79 Å². The second-order valence-electron chi connectivity index (χ2n) is 7.22. The summed E-state index contributed by atoms with van der Waals surface area (Å²) in [6.45, 7) is 4.17. The third kappa shape index (κ3) is 5.79. The van der Waals surface area contributed by atoms with Gasteiger partial charge in [0.1, 0.15) is 0 Å². The fourth-order valence-electron chi connectivity index (χ4n) is 3.17. The van der Waals surface area contributed by atoms with Gasteiger partial charge in [0.05, 0.1) is 0 Å². The predicted octanol–water partition coefficient (Wildman–Crippen LogP) is 5.99. The zero-order valence-electron chi connectivity index (χ0n) is 16.1. The number of benzene rings is 3. The first-order chi connectivity index (χ1) is 13.1. The van der Waals surface area contributed by atoms with Gasteiger partial charge in [-0.05, 0) is 49.5 Å². The van der Waals surface area contributed by atoms with Crippen molar-refractivity contribution >= 4 is 11.9 Å². The summed E-state index contributed by atoms with van der Waals surface area (Å²) in [4.78, 5) is 13.0. The van der Waals surface area contributed by atoms with Crippen LogP contribution in [-0.4, -0.2) is 5.78 Å². The summed E-state index contributed by atoms with van der Waals surface area (Å²) in [7, 11) is 0. The Labute approximate surface area is 162 Å². The smallest absolute Gasteiger partial charge is 0.159 e. The zero-order valence-corrected chi connectivity index (χ0v) is 16.1. The second kappa shape index (κ2) is 9.14. The van der Waals surface area contributed by atoms with E-state index in [9.17, 15) is 4.79 Å². The molecule has 0 bridgehead atoms. The number of ketones is 1. The van der Waals surface area contributed by atoms with Crippen LogP contribution in [0.4, 0.5) is 0 Å². The van der Waals surface area contributed by atoms with Crippen molar-refractivity contribution in [2.45, 2.75) is 26.7 Å². The Morgan fingerprint density at radius 3 is 1.70 bits per heavy atom. The molecule has 0 spiro atoms. The monoisotopic (exact) mass is 354 g/mol. The summed E-state index contributed by atoms with van der Waals surface area (Å²) in [6.07, 6.45) is 5.17. The minimum absolute atomic E-state index is 0.0598. The summed E-state index contributed by atoms with van der Waals surface area (Å²) in [5.41, 5.74) is 5.95. The van der Waals surface area contributed by atoms with E-state index in [4.69, 9.17) is 0 Å². The Morgan fingerprint density at radius 1 is 0.741 bits per heavy atom. The van der Waals surface area contributed by atoms with E-state index in [0.717, 1.165) is 18.4 Å². The van der Waals surface area contributed by atoms with E-state index in [2.05, 4.69) is 62.4 Å². The van der Waals surface area contributed by atoms with Crippen molar-refractivity contribution in [2.75, 3.05) is 0 Å². The third-order valence-electron chi connectivity index (χ3n) is 4.85. The molecular weight excluding hydrogens is 328 g/mol. The van der Waals surface area contributed by atoms with Crippen molar-refractivity contribution in [3.05, 3.63) is 113 Å². The van der Waals surface area contributed by atoms with Crippen LogP contribution in [0.1, 0.15) is 27.8 Å². The van der Waals surface area contributed by atoms with Gasteiger partial charge in [-0.15, -0.1) is 0 Å². The molecule has 0 saturated heterocycles. The maximum absolute atomic E-state index is 13.0. The molecule has 0 unspecified atom stereocenters. The van der Waals surface area contributed by atoms with Gasteiger partial charge < -0.3 is 0 Å². The predicted molar refractivity (Wildman–Crippen MR) is 114 cm³/mol. The second-order valence-corrected chi connectivity index (χ2v) is 7.22. The van der Waals surface area contributed by atoms with Crippen molar-refractivity contribution in [3.8, 4) is 0 Å². The first kappa shape index (κ1) is 18.8. The summed E-state index contributed by atoms with van der Waals surface area (Å²) in [6, 6.07) is 27.0. The molecule has 3 aromatic carbocycles. The third-order valence-corrected chi connectivity index (χ3v) is 4.85. The molecule has 0 aliphatic heterocycles. The van der Waals surface area contributed by atoms with E-state index in [1.807, 2.05) is 36.4 Å². The highest BCUT2D eigenvalue weighted by Gasteiger charge is 2.17. The highest BCUT2D eigenvalue weighted by atomic mass is 16.1. The number of allylic oxidation sites excluding steroid dienone is 1. The van der Waals surface area contributed by atoms with Gasteiger partial charge in [0.2, 0.25) is 0 Å². The molecule has 1 heteroatoms. The van der Waals surface area contributed by atoms with Crippen molar-refractivity contribution in [2.24, 2.45) is 5.92 Å². The largest absolute Gasteiger partial charge is 0.295 e. The Hall–Kier alpha value is -2.93. The van der Waals surface area contributed by atoms with Gasteiger partial charge in [-0.25, -0.2) is 0 Å². The lowest BCUT2D eigenvalue weighted by Crippen LogP contribution is -2.18. The highest BCUT2D eigenvalue weighted by molar-refractivity contribution is 5.95. The fraction of sp³-hybridized carbons (Fsp3) is 0.192. The van der Waals surface area contributed by atoms with Crippen LogP contribution in [0, 0.1) is 19.8 Å². The molecule has 0 aliphatic rings. The SMILES string of the molecule is Cc1ccc(CC(Cc2ccc(C)cc2)C(=O)C=Cc2ccccc2)cc1. The molecule has 0 N–H and O–H groups in total. The number of hydrogen-bond acceptors (Lipinski definition) is 1. The normalized spacial score (nSPS) is 11.2. The van der Waals surface area contributed by atoms with Crippen LogP contribution in [0.25, 0.3) is 6.08 Å². The molecule has 0 radical (unpaired) electrons. The van der Waals surface area contributed by atoms with Crippen LogP contribution < -0.4 is 0 Å². The van der Waals surface area contributed by atoms with Crippen molar-refractivity contribution in [3.63, 3.8) is 0 Å². The molecule has 3 aromatic rings. The van der Waals surface area contributed by atoms with Gasteiger partial charge in [-0.1, -0.05) is 96.1 Å². The van der Waals surface area contributed by atoms with E-state index < -0.39 is 0 Å². The topological polar surface area (TPSA) is 17.1 Å². The lowest BCUT2D eigenvalue weighted by Gasteiger charge is -2.15. The molecule has 3 rings (SSSR count). The van der Waals surface area contributed by atoms with Crippen LogP contribution in [0.2, 0.25) is 0 Å². The molecule has 27 heavy (non-hydrogen) atoms. The molecule has 1 nitrogen and oxygen atoms in total. The van der Waals surface area contributed by atoms with Crippen LogP contribution >= 0.6 is 0 Å². The maximum atomic E-state index is 13.0. The fourth-order valence-corrected chi connectivity index (χ4v) is 3.17. The van der Waals surface area contributed by atoms with Crippen molar-refractivity contribution in [1.82, 2.24) is 0 Å². The molecule has 0 aromatic heterocycles. The summed E-state index contributed by atoms with van der Waals surface area (Å²) in [5, 5.41) is 0. The molecule has 0 heterocycles. The van der Waals surface area contributed by atoms with E-state index in [1.165, 1.54) is 22.3 Å². The Morgan fingerprint density at radius 2 is 1.22 bits per heavy atom. The van der Waals surface area contributed by atoms with Gasteiger partial charge >= 0.3 is 0 Å². The van der Waals surface area contributed by atoms with Crippen molar-refractivity contribution < 1.29 is 4.79 Å². The maximum Gasteiger partial charge on any atom is 0.159 e. The number of rotatable bonds is 7. The first-order valence-electron chi connectivity index (χ1n) is 9.48. The number of carbonyl (C=O) groups is 1. The summed E-state index contributed by atoms with van der Waals surface area (Å²) >= 11 is 0. The molecule has 0 atom stereocenters. The van der Waals surface area contributed by atoms with Gasteiger partial charge in [0, 0.05) is 5.92 Å². The molecule has 0 amide bonds. The minimum Gasteiger partial charge on any atom is -0.295 e. The Kier molecular flexibility index (Phi) is 6.38. The van der Waals surface area contributed by atoms with Crippen LogP contribution in [0.15, 0.2) is 84.9 Å². The summed E-state index contributed by atoms with van der Waals surface area (Å²) in [5.74, 6) is 0.121. The van der Waals surface area contributed by atoms with E-state index in [0.29, 0.717) is 0 Å². The van der Waals surface area contributed by atoms with Gasteiger partial charge in [0.15, 0.2) is 5.78 Å². The average molecular weight is 354 g/mol. The highest BCUT2D eigenvalue weighted by Crippen LogP contribution is 2.18. The van der Waals surface area contributed by atoms with E-state index in [-0.39, 0.29) is 11.7 Å². The van der Waals surface area contributed by atoms with Crippen LogP contribution in [0.3, 0.4) is 0 Å². The standard InChI is InChI=1S/C26H26O/c1-20-8-12-23(13-9-20)18-25(19-24-14-10-21(2)11-15-24)26(27)17-16-22-6-4-3-5-7-22/h3-17,25H,18-19H2,1-2H3. The lowest BCUT2D eigenvalue weighted by molar-refractivity contribution is -0.118. The minimum atomic E-state index is -0.0598. The Bertz CT molecular complexity index is 840. The lowest BCUT2D eigenvalue weighted by atomic mass is 9.88. The summed E-state index contributed by atoms with van der Waals surface area (Å²) < 4.78 is 0. The van der Waals surface area contributed by atoms with Crippen LogP contribution in [0.5, 0.6) is 0 Å². The average Bonchev–Trinajstić information content (AvgIpc) is 2.69. The molecule has 136 valence electrons. The number of hydrogen-bond donors (Lipinski definition) is 0. The van der Waals surface area contributed by atoms with Gasteiger partial charge in [0.25, 0.3) is 0 Å². The van der Waals surface area contributed by atoms with E-state index in [1.54, 1.807) is 6.08 Å². The molecular formula is C26H26O. The van der Waals surface area contributed by atoms with Crippen molar-refractivity contribution in [1.29, 1.82) is 0 Å². The molecule has 0 saturated carbocycles. The quantitative estimate of drug-likeness (QED) is 0.476. The molecule has 0 fully saturated rings. The number of aryl methyl sites for hydroxylation is 2. The Balaban J connectivity index is 1.79. The number of carbonyl (C=O) groups excluding carboxylic acids is 1. The van der Waals surface area contributed by atoms with E-state index >= 15 is 0 Å². The molecule has 0 aliphatic carbocycles. The van der Waals surface area contributed by atoms with Gasteiger partial charge in [-0.2, -0.15) is 0 Å². The first-order valence-corrected chi connectivity index (χ1v) is 9.48.